The highest BCUT2D eigenvalue weighted by Gasteiger charge is 2.21. The zero-order valence-electron chi connectivity index (χ0n) is 16.7. The van der Waals surface area contributed by atoms with E-state index in [-0.39, 0.29) is 48.1 Å². The highest BCUT2D eigenvalue weighted by atomic mass is 127. The second-order valence-corrected chi connectivity index (χ2v) is 6.97. The number of amides is 1. The van der Waals surface area contributed by atoms with Gasteiger partial charge in [0.15, 0.2) is 5.96 Å². The smallest absolute Gasteiger partial charge is 0.234 e. The first-order valence-electron chi connectivity index (χ1n) is 9.28. The fourth-order valence-electron chi connectivity index (χ4n) is 3.06. The maximum atomic E-state index is 13.5. The predicted molar refractivity (Wildman–Crippen MR) is 119 cm³/mol. The van der Waals surface area contributed by atoms with Gasteiger partial charge in [-0.3, -0.25) is 14.7 Å². The Morgan fingerprint density at radius 3 is 2.54 bits per heavy atom. The van der Waals surface area contributed by atoms with Gasteiger partial charge in [-0.15, -0.1) is 24.0 Å². The molecule has 0 atom stereocenters. The SMILES string of the molecule is CN=C(NCc1ccc(F)c(CO)c1)N1CCN(CC(=O)NC(C)C)CC1.I. The zero-order valence-corrected chi connectivity index (χ0v) is 19.1. The first kappa shape index (κ1) is 24.6. The van der Waals surface area contributed by atoms with Gasteiger partial charge in [0.05, 0.1) is 13.2 Å². The number of benzene rings is 1. The number of hydrogen-bond donors (Lipinski definition) is 3. The van der Waals surface area contributed by atoms with Crippen molar-refractivity contribution in [1.82, 2.24) is 20.4 Å². The number of rotatable bonds is 6. The average molecular weight is 507 g/mol. The summed E-state index contributed by atoms with van der Waals surface area (Å²) in [5, 5.41) is 15.4. The molecule has 1 aliphatic rings. The number of guanidine groups is 1. The first-order chi connectivity index (χ1) is 12.9. The summed E-state index contributed by atoms with van der Waals surface area (Å²) in [6, 6.07) is 4.87. The second-order valence-electron chi connectivity index (χ2n) is 6.97. The number of hydrogen-bond acceptors (Lipinski definition) is 4. The van der Waals surface area contributed by atoms with Gasteiger partial charge in [-0.1, -0.05) is 6.07 Å². The Bertz CT molecular complexity index is 664. The fraction of sp³-hybridized carbons (Fsp3) is 0.579. The van der Waals surface area contributed by atoms with E-state index in [0.29, 0.717) is 13.1 Å². The molecule has 1 aliphatic heterocycles. The van der Waals surface area contributed by atoms with Crippen molar-refractivity contribution >= 4 is 35.8 Å². The van der Waals surface area contributed by atoms with E-state index in [2.05, 4.69) is 25.4 Å². The lowest BCUT2D eigenvalue weighted by Crippen LogP contribution is -2.54. The standard InChI is InChI=1S/C19H30FN5O2.HI/c1-14(2)23-18(27)12-24-6-8-25(9-7-24)19(21-3)22-11-15-4-5-17(20)16(10-15)13-26;/h4-5,10,14,26H,6-9,11-13H2,1-3H3,(H,21,22)(H,23,27);1H. The topological polar surface area (TPSA) is 80.2 Å². The highest BCUT2D eigenvalue weighted by molar-refractivity contribution is 14.0. The van der Waals surface area contributed by atoms with Crippen LogP contribution >= 0.6 is 24.0 Å². The van der Waals surface area contributed by atoms with Crippen LogP contribution in [0.25, 0.3) is 0 Å². The van der Waals surface area contributed by atoms with Crippen LogP contribution in [-0.2, 0) is 17.9 Å². The van der Waals surface area contributed by atoms with Crippen molar-refractivity contribution < 1.29 is 14.3 Å². The molecule has 1 aromatic carbocycles. The van der Waals surface area contributed by atoms with E-state index in [0.717, 1.165) is 37.7 Å². The van der Waals surface area contributed by atoms with Crippen molar-refractivity contribution in [3.05, 3.63) is 35.1 Å². The quantitative estimate of drug-likeness (QED) is 0.306. The number of halogens is 2. The number of carbonyl (C=O) groups excluding carboxylic acids is 1. The Balaban J connectivity index is 0.00000392. The lowest BCUT2D eigenvalue weighted by atomic mass is 10.1. The Morgan fingerprint density at radius 1 is 1.29 bits per heavy atom. The molecule has 28 heavy (non-hydrogen) atoms. The van der Waals surface area contributed by atoms with Crippen molar-refractivity contribution in [2.45, 2.75) is 33.0 Å². The Hall–Kier alpha value is -1.46. The number of aliphatic hydroxyl groups excluding tert-OH is 1. The number of aliphatic imine (C=N–C) groups is 1. The molecule has 0 unspecified atom stereocenters. The molecule has 0 spiro atoms. The fourth-order valence-corrected chi connectivity index (χ4v) is 3.06. The van der Waals surface area contributed by atoms with Gasteiger partial charge >= 0.3 is 0 Å². The number of piperazine rings is 1. The molecule has 1 amide bonds. The average Bonchev–Trinajstić information content (AvgIpc) is 2.64. The number of nitrogens with zero attached hydrogens (tertiary/aromatic N) is 3. The first-order valence-corrected chi connectivity index (χ1v) is 9.28. The molecule has 0 saturated carbocycles. The van der Waals surface area contributed by atoms with Crippen LogP contribution in [0.1, 0.15) is 25.0 Å². The van der Waals surface area contributed by atoms with Crippen LogP contribution in [-0.4, -0.2) is 72.6 Å². The van der Waals surface area contributed by atoms with Crippen molar-refractivity contribution in [3.63, 3.8) is 0 Å². The third kappa shape index (κ3) is 7.51. The molecule has 0 aromatic heterocycles. The van der Waals surface area contributed by atoms with Gasteiger partial charge in [-0.25, -0.2) is 4.39 Å². The summed E-state index contributed by atoms with van der Waals surface area (Å²) in [7, 11) is 1.73. The summed E-state index contributed by atoms with van der Waals surface area (Å²) in [6.07, 6.45) is 0. The van der Waals surface area contributed by atoms with E-state index in [4.69, 9.17) is 0 Å². The van der Waals surface area contributed by atoms with Crippen molar-refractivity contribution in [2.75, 3.05) is 39.8 Å². The van der Waals surface area contributed by atoms with Gasteiger partial charge in [0.2, 0.25) is 5.91 Å². The Morgan fingerprint density at radius 2 is 1.96 bits per heavy atom. The van der Waals surface area contributed by atoms with E-state index in [1.165, 1.54) is 6.07 Å². The number of nitrogens with one attached hydrogen (secondary N) is 2. The van der Waals surface area contributed by atoms with Crippen LogP contribution in [0.15, 0.2) is 23.2 Å². The van der Waals surface area contributed by atoms with Crippen LogP contribution < -0.4 is 10.6 Å². The maximum absolute atomic E-state index is 13.5. The minimum absolute atomic E-state index is 0. The number of aliphatic hydroxyl groups is 1. The minimum Gasteiger partial charge on any atom is -0.392 e. The molecule has 9 heteroatoms. The second kappa shape index (κ2) is 12.2. The van der Waals surface area contributed by atoms with Crippen LogP contribution in [0.3, 0.4) is 0 Å². The number of carbonyl (C=O) groups is 1. The van der Waals surface area contributed by atoms with E-state index in [1.54, 1.807) is 19.2 Å². The molecule has 3 N–H and O–H groups in total. The summed E-state index contributed by atoms with van der Waals surface area (Å²) in [4.78, 5) is 20.5. The van der Waals surface area contributed by atoms with Crippen molar-refractivity contribution in [2.24, 2.45) is 4.99 Å². The molecule has 7 nitrogen and oxygen atoms in total. The normalized spacial score (nSPS) is 15.4. The van der Waals surface area contributed by atoms with E-state index in [9.17, 15) is 14.3 Å². The molecule has 0 bridgehead atoms. The predicted octanol–water partition coefficient (Wildman–Crippen LogP) is 1.15. The van der Waals surface area contributed by atoms with Gasteiger partial charge in [0.1, 0.15) is 5.82 Å². The van der Waals surface area contributed by atoms with Crippen LogP contribution in [0.4, 0.5) is 4.39 Å². The summed E-state index contributed by atoms with van der Waals surface area (Å²) >= 11 is 0. The van der Waals surface area contributed by atoms with Crippen LogP contribution in [0, 0.1) is 5.82 Å². The third-order valence-corrected chi connectivity index (χ3v) is 4.43. The lowest BCUT2D eigenvalue weighted by molar-refractivity contribution is -0.123. The largest absolute Gasteiger partial charge is 0.392 e. The van der Waals surface area contributed by atoms with Crippen LogP contribution in [0.2, 0.25) is 0 Å². The molecule has 0 radical (unpaired) electrons. The van der Waals surface area contributed by atoms with Gasteiger partial charge in [-0.2, -0.15) is 0 Å². The molecular weight excluding hydrogens is 476 g/mol. The molecule has 0 aliphatic carbocycles. The zero-order chi connectivity index (χ0) is 19.8. The lowest BCUT2D eigenvalue weighted by Gasteiger charge is -2.36. The monoisotopic (exact) mass is 507 g/mol. The Kier molecular flexibility index (Phi) is 10.7. The van der Waals surface area contributed by atoms with E-state index >= 15 is 0 Å². The Labute approximate surface area is 183 Å². The highest BCUT2D eigenvalue weighted by Crippen LogP contribution is 2.11. The summed E-state index contributed by atoms with van der Waals surface area (Å²) in [5.74, 6) is 0.427. The van der Waals surface area contributed by atoms with Gasteiger partial charge < -0.3 is 20.6 Å². The molecule has 1 fully saturated rings. The third-order valence-electron chi connectivity index (χ3n) is 4.43. The molecule has 1 saturated heterocycles. The molecule has 158 valence electrons. The van der Waals surface area contributed by atoms with Gasteiger partial charge in [0.25, 0.3) is 0 Å². The summed E-state index contributed by atoms with van der Waals surface area (Å²) in [6.45, 7) is 7.64. The van der Waals surface area contributed by atoms with E-state index < -0.39 is 5.82 Å². The maximum Gasteiger partial charge on any atom is 0.234 e. The molecule has 2 rings (SSSR count). The molecular formula is C19H31FIN5O2. The molecule has 1 aromatic rings. The van der Waals surface area contributed by atoms with Crippen molar-refractivity contribution in [1.29, 1.82) is 0 Å². The van der Waals surface area contributed by atoms with E-state index in [1.807, 2.05) is 13.8 Å². The molecule has 1 heterocycles. The summed E-state index contributed by atoms with van der Waals surface area (Å²) in [5.41, 5.74) is 1.17. The summed E-state index contributed by atoms with van der Waals surface area (Å²) < 4.78 is 13.5. The van der Waals surface area contributed by atoms with Crippen LogP contribution in [0.5, 0.6) is 0 Å². The van der Waals surface area contributed by atoms with Crippen molar-refractivity contribution in [3.8, 4) is 0 Å². The minimum atomic E-state index is -0.400. The van der Waals surface area contributed by atoms with Gasteiger partial charge in [0, 0.05) is 51.4 Å². The van der Waals surface area contributed by atoms with Gasteiger partial charge in [-0.05, 0) is 31.5 Å².